The SMILES string of the molecule is NC1(C(=O)Cc2nc(-c3ccccc3)cs2)CC1. The number of ketones is 1. The van der Waals surface area contributed by atoms with Gasteiger partial charge in [0.25, 0.3) is 0 Å². The normalized spacial score (nSPS) is 16.5. The molecular weight excluding hydrogens is 244 g/mol. The molecule has 2 N–H and O–H groups in total. The van der Waals surface area contributed by atoms with Crippen molar-refractivity contribution in [2.45, 2.75) is 24.8 Å². The molecule has 0 atom stereocenters. The lowest BCUT2D eigenvalue weighted by molar-refractivity contribution is -0.120. The Kier molecular flexibility index (Phi) is 2.76. The molecule has 3 nitrogen and oxygen atoms in total. The smallest absolute Gasteiger partial charge is 0.159 e. The first-order chi connectivity index (χ1) is 8.67. The van der Waals surface area contributed by atoms with Crippen molar-refractivity contribution in [1.82, 2.24) is 4.98 Å². The topological polar surface area (TPSA) is 56.0 Å². The molecule has 3 rings (SSSR count). The monoisotopic (exact) mass is 258 g/mol. The van der Waals surface area contributed by atoms with Crippen LogP contribution in [0, 0.1) is 0 Å². The van der Waals surface area contributed by atoms with E-state index in [9.17, 15) is 4.79 Å². The van der Waals surface area contributed by atoms with Gasteiger partial charge in [-0.05, 0) is 12.8 Å². The van der Waals surface area contributed by atoms with Crippen LogP contribution in [0.5, 0.6) is 0 Å². The average Bonchev–Trinajstić information content (AvgIpc) is 2.98. The molecule has 0 saturated heterocycles. The quantitative estimate of drug-likeness (QED) is 0.916. The number of carbonyl (C=O) groups excluding carboxylic acids is 1. The van der Waals surface area contributed by atoms with Crippen LogP contribution in [-0.2, 0) is 11.2 Å². The predicted molar refractivity (Wildman–Crippen MR) is 72.4 cm³/mol. The Balaban J connectivity index is 1.76. The molecule has 0 radical (unpaired) electrons. The maximum Gasteiger partial charge on any atom is 0.159 e. The van der Waals surface area contributed by atoms with Gasteiger partial charge >= 0.3 is 0 Å². The molecule has 0 unspecified atom stereocenters. The molecule has 0 aliphatic heterocycles. The Hall–Kier alpha value is -1.52. The van der Waals surface area contributed by atoms with Crippen molar-refractivity contribution in [2.75, 3.05) is 0 Å². The van der Waals surface area contributed by atoms with Crippen molar-refractivity contribution >= 4 is 17.1 Å². The van der Waals surface area contributed by atoms with E-state index >= 15 is 0 Å². The zero-order valence-corrected chi connectivity index (χ0v) is 10.7. The minimum atomic E-state index is -0.543. The molecule has 18 heavy (non-hydrogen) atoms. The van der Waals surface area contributed by atoms with Gasteiger partial charge in [0, 0.05) is 10.9 Å². The van der Waals surface area contributed by atoms with E-state index in [0.29, 0.717) is 6.42 Å². The van der Waals surface area contributed by atoms with E-state index in [-0.39, 0.29) is 5.78 Å². The molecule has 4 heteroatoms. The van der Waals surface area contributed by atoms with Crippen molar-refractivity contribution in [3.05, 3.63) is 40.7 Å². The van der Waals surface area contributed by atoms with Crippen molar-refractivity contribution < 1.29 is 4.79 Å². The van der Waals surface area contributed by atoms with Crippen molar-refractivity contribution in [3.8, 4) is 11.3 Å². The molecule has 2 aromatic rings. The second-order valence-electron chi connectivity index (χ2n) is 4.75. The van der Waals surface area contributed by atoms with Crippen LogP contribution in [0.2, 0.25) is 0 Å². The van der Waals surface area contributed by atoms with Crippen molar-refractivity contribution in [1.29, 1.82) is 0 Å². The van der Waals surface area contributed by atoms with Crippen molar-refractivity contribution in [3.63, 3.8) is 0 Å². The second kappa shape index (κ2) is 4.30. The third kappa shape index (κ3) is 2.21. The number of carbonyl (C=O) groups is 1. The molecule has 1 fully saturated rings. The van der Waals surface area contributed by atoms with Crippen LogP contribution >= 0.6 is 11.3 Å². The Bertz CT molecular complexity index is 572. The van der Waals surface area contributed by atoms with Gasteiger partial charge in [-0.25, -0.2) is 4.98 Å². The zero-order chi connectivity index (χ0) is 12.6. The zero-order valence-electron chi connectivity index (χ0n) is 9.93. The maximum absolute atomic E-state index is 11.9. The van der Waals surface area contributed by atoms with Gasteiger partial charge in [-0.2, -0.15) is 0 Å². The van der Waals surface area contributed by atoms with E-state index < -0.39 is 5.54 Å². The van der Waals surface area contributed by atoms with E-state index in [4.69, 9.17) is 5.73 Å². The fourth-order valence-corrected chi connectivity index (χ4v) is 2.66. The summed E-state index contributed by atoms with van der Waals surface area (Å²) >= 11 is 1.53. The molecule has 1 aliphatic carbocycles. The van der Waals surface area contributed by atoms with Gasteiger partial charge in [-0.15, -0.1) is 11.3 Å². The number of nitrogens with two attached hydrogens (primary N) is 1. The number of hydrogen-bond acceptors (Lipinski definition) is 4. The number of hydrogen-bond donors (Lipinski definition) is 1. The molecule has 92 valence electrons. The molecule has 1 heterocycles. The summed E-state index contributed by atoms with van der Waals surface area (Å²) in [5.41, 5.74) is 7.36. The van der Waals surface area contributed by atoms with Gasteiger partial charge in [-0.3, -0.25) is 4.79 Å². The summed E-state index contributed by atoms with van der Waals surface area (Å²) < 4.78 is 0. The summed E-state index contributed by atoms with van der Waals surface area (Å²) in [7, 11) is 0. The Morgan fingerprint density at radius 1 is 1.33 bits per heavy atom. The molecule has 0 amide bonds. The van der Waals surface area contributed by atoms with Gasteiger partial charge in [0.1, 0.15) is 5.01 Å². The lowest BCUT2D eigenvalue weighted by Gasteiger charge is -2.04. The van der Waals surface area contributed by atoms with Crippen LogP contribution in [0.4, 0.5) is 0 Å². The molecule has 1 saturated carbocycles. The number of Topliss-reactive ketones (excluding diaryl/α,β-unsaturated/α-hetero) is 1. The first kappa shape index (κ1) is 11.6. The number of benzene rings is 1. The minimum absolute atomic E-state index is 0.122. The van der Waals surface area contributed by atoms with Gasteiger partial charge in [0.2, 0.25) is 0 Å². The minimum Gasteiger partial charge on any atom is -0.319 e. The maximum atomic E-state index is 11.9. The number of aromatic nitrogens is 1. The average molecular weight is 258 g/mol. The predicted octanol–water partition coefficient (Wildman–Crippen LogP) is 2.41. The van der Waals surface area contributed by atoms with Crippen LogP contribution in [0.15, 0.2) is 35.7 Å². The summed E-state index contributed by atoms with van der Waals surface area (Å²) in [6, 6.07) is 9.99. The highest BCUT2D eigenvalue weighted by Crippen LogP contribution is 2.34. The van der Waals surface area contributed by atoms with Crippen molar-refractivity contribution in [2.24, 2.45) is 5.73 Å². The summed E-state index contributed by atoms with van der Waals surface area (Å²) in [5, 5.41) is 2.85. The highest BCUT2D eigenvalue weighted by atomic mass is 32.1. The van der Waals surface area contributed by atoms with Crippen LogP contribution < -0.4 is 5.73 Å². The van der Waals surface area contributed by atoms with Crippen LogP contribution in [0.25, 0.3) is 11.3 Å². The molecule has 1 aliphatic rings. The summed E-state index contributed by atoms with van der Waals surface area (Å²) in [6.07, 6.45) is 2.01. The van der Waals surface area contributed by atoms with Crippen LogP contribution in [-0.4, -0.2) is 16.3 Å². The Morgan fingerprint density at radius 2 is 2.06 bits per heavy atom. The fourth-order valence-electron chi connectivity index (χ4n) is 1.86. The fraction of sp³-hybridized carbons (Fsp3) is 0.286. The largest absolute Gasteiger partial charge is 0.319 e. The molecule has 1 aromatic heterocycles. The van der Waals surface area contributed by atoms with Crippen LogP contribution in [0.1, 0.15) is 17.8 Å². The third-order valence-corrected chi connectivity index (χ3v) is 4.13. The Morgan fingerprint density at radius 3 is 2.72 bits per heavy atom. The van der Waals surface area contributed by atoms with E-state index in [1.165, 1.54) is 11.3 Å². The van der Waals surface area contributed by atoms with E-state index in [2.05, 4.69) is 4.98 Å². The number of thiazole rings is 1. The van der Waals surface area contributed by atoms with Gasteiger partial charge in [0.15, 0.2) is 5.78 Å². The van der Waals surface area contributed by atoms with E-state index in [1.54, 1.807) is 0 Å². The van der Waals surface area contributed by atoms with E-state index in [0.717, 1.165) is 29.1 Å². The number of rotatable bonds is 4. The lowest BCUT2D eigenvalue weighted by atomic mass is 10.1. The molecular formula is C14H14N2OS. The van der Waals surface area contributed by atoms with Gasteiger partial charge < -0.3 is 5.73 Å². The first-order valence-corrected chi connectivity index (χ1v) is 6.87. The standard InChI is InChI=1S/C14H14N2OS/c15-14(6-7-14)12(17)8-13-16-11(9-18-13)10-4-2-1-3-5-10/h1-5,9H,6-8,15H2. The third-order valence-electron chi connectivity index (χ3n) is 3.28. The highest BCUT2D eigenvalue weighted by molar-refractivity contribution is 7.10. The van der Waals surface area contributed by atoms with Crippen LogP contribution in [0.3, 0.4) is 0 Å². The Labute approximate surface area is 110 Å². The summed E-state index contributed by atoms with van der Waals surface area (Å²) in [6.45, 7) is 0. The molecule has 1 aromatic carbocycles. The lowest BCUT2D eigenvalue weighted by Crippen LogP contribution is -2.33. The van der Waals surface area contributed by atoms with Gasteiger partial charge in [0.05, 0.1) is 17.7 Å². The van der Waals surface area contributed by atoms with E-state index in [1.807, 2.05) is 35.7 Å². The second-order valence-corrected chi connectivity index (χ2v) is 5.69. The summed E-state index contributed by atoms with van der Waals surface area (Å²) in [4.78, 5) is 16.4. The highest BCUT2D eigenvalue weighted by Gasteiger charge is 2.45. The molecule has 0 bridgehead atoms. The molecule has 0 spiro atoms. The van der Waals surface area contributed by atoms with Gasteiger partial charge in [-0.1, -0.05) is 30.3 Å². The number of nitrogens with zero attached hydrogens (tertiary/aromatic N) is 1. The summed E-state index contributed by atoms with van der Waals surface area (Å²) in [5.74, 6) is 0.122. The first-order valence-electron chi connectivity index (χ1n) is 5.99.